The van der Waals surface area contributed by atoms with Gasteiger partial charge in [-0.1, -0.05) is 43.7 Å². The summed E-state index contributed by atoms with van der Waals surface area (Å²) < 4.78 is 11.8. The van der Waals surface area contributed by atoms with Crippen LogP contribution >= 0.6 is 0 Å². The lowest BCUT2D eigenvalue weighted by molar-refractivity contribution is -0.139. The van der Waals surface area contributed by atoms with E-state index in [1.807, 2.05) is 70.2 Å². The summed E-state index contributed by atoms with van der Waals surface area (Å²) in [6.45, 7) is 10.8. The van der Waals surface area contributed by atoms with Gasteiger partial charge >= 0.3 is 0 Å². The van der Waals surface area contributed by atoms with Crippen LogP contribution in [0, 0.1) is 13.8 Å². The molecule has 0 aliphatic rings. The SMILES string of the molecule is CCC[C@](C)(OCC)C(=O)Nc1cc(C)c(OCc2ccccc2)c(C)c1. The largest absolute Gasteiger partial charge is 0.488 e. The molecule has 4 nitrogen and oxygen atoms in total. The van der Waals surface area contributed by atoms with Crippen molar-refractivity contribution in [1.29, 1.82) is 0 Å². The van der Waals surface area contributed by atoms with Crippen LogP contribution < -0.4 is 10.1 Å². The highest BCUT2D eigenvalue weighted by Gasteiger charge is 2.33. The molecule has 0 saturated heterocycles. The smallest absolute Gasteiger partial charge is 0.256 e. The second kappa shape index (κ2) is 9.56. The third-order valence-electron chi connectivity index (χ3n) is 4.61. The number of ether oxygens (including phenoxy) is 2. The molecule has 0 aliphatic carbocycles. The molecule has 0 radical (unpaired) electrons. The van der Waals surface area contributed by atoms with E-state index in [1.165, 1.54) is 0 Å². The van der Waals surface area contributed by atoms with E-state index < -0.39 is 5.60 Å². The third kappa shape index (κ3) is 5.57. The van der Waals surface area contributed by atoms with E-state index >= 15 is 0 Å². The monoisotopic (exact) mass is 369 g/mol. The Morgan fingerprint density at radius 2 is 1.70 bits per heavy atom. The maximum Gasteiger partial charge on any atom is 0.256 e. The first-order valence-electron chi connectivity index (χ1n) is 9.63. The molecule has 1 N–H and O–H groups in total. The molecule has 0 spiro atoms. The minimum atomic E-state index is -0.812. The second-order valence-electron chi connectivity index (χ2n) is 7.08. The van der Waals surface area contributed by atoms with E-state index in [0.29, 0.717) is 19.6 Å². The highest BCUT2D eigenvalue weighted by molar-refractivity contribution is 5.97. The predicted octanol–water partition coefficient (Wildman–Crippen LogP) is 5.42. The van der Waals surface area contributed by atoms with Crippen molar-refractivity contribution >= 4 is 11.6 Å². The van der Waals surface area contributed by atoms with Gasteiger partial charge in [-0.25, -0.2) is 0 Å². The summed E-state index contributed by atoms with van der Waals surface area (Å²) in [5.74, 6) is 0.751. The van der Waals surface area contributed by atoms with E-state index in [4.69, 9.17) is 9.47 Å². The Kier molecular flexibility index (Phi) is 7.43. The molecular weight excluding hydrogens is 338 g/mol. The van der Waals surface area contributed by atoms with Gasteiger partial charge in [-0.05, 0) is 62.9 Å². The topological polar surface area (TPSA) is 47.6 Å². The Balaban J connectivity index is 2.12. The van der Waals surface area contributed by atoms with Crippen molar-refractivity contribution in [3.63, 3.8) is 0 Å². The van der Waals surface area contributed by atoms with Crippen molar-refractivity contribution in [2.75, 3.05) is 11.9 Å². The maximum absolute atomic E-state index is 12.8. The van der Waals surface area contributed by atoms with Gasteiger partial charge in [-0.2, -0.15) is 0 Å². The van der Waals surface area contributed by atoms with Crippen LogP contribution in [0.1, 0.15) is 50.3 Å². The minimum Gasteiger partial charge on any atom is -0.488 e. The van der Waals surface area contributed by atoms with Crippen molar-refractivity contribution in [1.82, 2.24) is 0 Å². The summed E-state index contributed by atoms with van der Waals surface area (Å²) in [5, 5.41) is 3.02. The molecule has 2 aromatic rings. The van der Waals surface area contributed by atoms with E-state index in [1.54, 1.807) is 0 Å². The number of carbonyl (C=O) groups excluding carboxylic acids is 1. The number of aryl methyl sites for hydroxylation is 2. The molecule has 2 rings (SSSR count). The molecule has 0 aliphatic heterocycles. The number of hydrogen-bond acceptors (Lipinski definition) is 3. The zero-order valence-electron chi connectivity index (χ0n) is 17.1. The molecule has 0 saturated carbocycles. The minimum absolute atomic E-state index is 0.108. The Morgan fingerprint density at radius 1 is 1.07 bits per heavy atom. The summed E-state index contributed by atoms with van der Waals surface area (Å²) >= 11 is 0. The average Bonchev–Trinajstić information content (AvgIpc) is 2.62. The molecule has 146 valence electrons. The van der Waals surface area contributed by atoms with Crippen LogP contribution in [-0.4, -0.2) is 18.1 Å². The Morgan fingerprint density at radius 3 is 2.26 bits per heavy atom. The molecule has 0 unspecified atom stereocenters. The standard InChI is InChI=1S/C23H31NO3/c1-6-13-23(5,27-7-2)22(25)24-20-14-17(3)21(18(4)15-20)26-16-19-11-9-8-10-12-19/h8-12,14-15H,6-7,13,16H2,1-5H3,(H,24,25)/t23-/m0/s1. The van der Waals surface area contributed by atoms with E-state index in [2.05, 4.69) is 12.2 Å². The number of rotatable bonds is 9. The van der Waals surface area contributed by atoms with Crippen LogP contribution in [0.15, 0.2) is 42.5 Å². The highest BCUT2D eigenvalue weighted by atomic mass is 16.5. The van der Waals surface area contributed by atoms with Gasteiger partial charge in [0.15, 0.2) is 0 Å². The first-order valence-corrected chi connectivity index (χ1v) is 9.63. The molecular formula is C23H31NO3. The van der Waals surface area contributed by atoms with Gasteiger partial charge in [0.25, 0.3) is 5.91 Å². The lowest BCUT2D eigenvalue weighted by Gasteiger charge is -2.28. The van der Waals surface area contributed by atoms with Crippen LogP contribution in [0.2, 0.25) is 0 Å². The second-order valence-corrected chi connectivity index (χ2v) is 7.08. The zero-order chi connectivity index (χ0) is 19.9. The van der Waals surface area contributed by atoms with Crippen LogP contribution in [0.5, 0.6) is 5.75 Å². The highest BCUT2D eigenvalue weighted by Crippen LogP contribution is 2.29. The van der Waals surface area contributed by atoms with E-state index in [9.17, 15) is 4.79 Å². The number of carbonyl (C=O) groups is 1. The lowest BCUT2D eigenvalue weighted by atomic mass is 9.98. The molecule has 0 fully saturated rings. The molecule has 0 bridgehead atoms. The average molecular weight is 370 g/mol. The molecule has 1 atom stereocenters. The van der Waals surface area contributed by atoms with Gasteiger partial charge in [-0.15, -0.1) is 0 Å². The summed E-state index contributed by atoms with van der Waals surface area (Å²) in [7, 11) is 0. The van der Waals surface area contributed by atoms with Crippen molar-refractivity contribution in [2.24, 2.45) is 0 Å². The Hall–Kier alpha value is -2.33. The molecule has 2 aromatic carbocycles. The quantitative estimate of drug-likeness (QED) is 0.642. The summed E-state index contributed by atoms with van der Waals surface area (Å²) in [4.78, 5) is 12.8. The maximum atomic E-state index is 12.8. The number of nitrogens with one attached hydrogen (secondary N) is 1. The molecule has 0 heterocycles. The van der Waals surface area contributed by atoms with Gasteiger partial charge in [0.05, 0.1) is 0 Å². The summed E-state index contributed by atoms with van der Waals surface area (Å²) in [6, 6.07) is 14.0. The number of amides is 1. The normalized spacial score (nSPS) is 13.1. The number of benzene rings is 2. The van der Waals surface area contributed by atoms with Crippen molar-refractivity contribution in [3.05, 3.63) is 59.2 Å². The van der Waals surface area contributed by atoms with Crippen LogP contribution in [-0.2, 0) is 16.1 Å². The fraction of sp³-hybridized carbons (Fsp3) is 0.435. The van der Waals surface area contributed by atoms with Crippen LogP contribution in [0.25, 0.3) is 0 Å². The molecule has 27 heavy (non-hydrogen) atoms. The fourth-order valence-corrected chi connectivity index (χ4v) is 3.29. The lowest BCUT2D eigenvalue weighted by Crippen LogP contribution is -2.42. The first-order chi connectivity index (χ1) is 12.9. The summed E-state index contributed by atoms with van der Waals surface area (Å²) in [5.41, 5.74) is 3.07. The van der Waals surface area contributed by atoms with E-state index in [0.717, 1.165) is 34.5 Å². The van der Waals surface area contributed by atoms with Gasteiger partial charge < -0.3 is 14.8 Å². The van der Waals surface area contributed by atoms with Gasteiger partial charge in [0, 0.05) is 12.3 Å². The van der Waals surface area contributed by atoms with Crippen LogP contribution in [0.4, 0.5) is 5.69 Å². The number of hydrogen-bond donors (Lipinski definition) is 1. The molecule has 0 aromatic heterocycles. The van der Waals surface area contributed by atoms with Crippen LogP contribution in [0.3, 0.4) is 0 Å². The summed E-state index contributed by atoms with van der Waals surface area (Å²) in [6.07, 6.45) is 1.57. The Bertz CT molecular complexity index is 726. The van der Waals surface area contributed by atoms with E-state index in [-0.39, 0.29) is 5.91 Å². The number of anilines is 1. The fourth-order valence-electron chi connectivity index (χ4n) is 3.29. The van der Waals surface area contributed by atoms with Gasteiger partial charge in [0.1, 0.15) is 18.0 Å². The molecule has 4 heteroatoms. The predicted molar refractivity (Wildman–Crippen MR) is 110 cm³/mol. The van der Waals surface area contributed by atoms with Gasteiger partial charge in [0.2, 0.25) is 0 Å². The Labute approximate surface area is 162 Å². The van der Waals surface area contributed by atoms with Crippen molar-refractivity contribution in [2.45, 2.75) is 59.7 Å². The van der Waals surface area contributed by atoms with Crippen molar-refractivity contribution < 1.29 is 14.3 Å². The first kappa shape index (κ1) is 21.0. The zero-order valence-corrected chi connectivity index (χ0v) is 17.1. The molecule has 1 amide bonds. The van der Waals surface area contributed by atoms with Crippen molar-refractivity contribution in [3.8, 4) is 5.75 Å². The van der Waals surface area contributed by atoms with Gasteiger partial charge in [-0.3, -0.25) is 4.79 Å². The third-order valence-corrected chi connectivity index (χ3v) is 4.61.